The summed E-state index contributed by atoms with van der Waals surface area (Å²) in [5.41, 5.74) is 9.20. The van der Waals surface area contributed by atoms with Gasteiger partial charge in [0.1, 0.15) is 0 Å². The van der Waals surface area contributed by atoms with Crippen molar-refractivity contribution in [3.05, 3.63) is 29.3 Å². The first kappa shape index (κ1) is 12.1. The molecule has 0 heterocycles. The number of hydrogen-bond donors (Lipinski definition) is 0. The maximum absolute atomic E-state index is 2.98. The lowest BCUT2D eigenvalue weighted by Crippen LogP contribution is -1.97. The molecule has 0 fully saturated rings. The lowest BCUT2D eigenvalue weighted by molar-refractivity contribution is 0.545. The van der Waals surface area contributed by atoms with E-state index >= 15 is 0 Å². The molecule has 0 aliphatic carbocycles. The van der Waals surface area contributed by atoms with Crippen LogP contribution in [0.3, 0.4) is 0 Å². The molecule has 13 heavy (non-hydrogen) atoms. The lowest BCUT2D eigenvalue weighted by atomic mass is 9.97. The van der Waals surface area contributed by atoms with Crippen LogP contribution >= 0.6 is 0 Å². The first-order chi connectivity index (χ1) is 5.71. The van der Waals surface area contributed by atoms with Gasteiger partial charge < -0.3 is 0 Å². The first-order valence-electron chi connectivity index (χ1n) is 4.65. The van der Waals surface area contributed by atoms with Crippen molar-refractivity contribution < 1.29 is 0 Å². The Morgan fingerprint density at radius 1 is 0.692 bits per heavy atom. The van der Waals surface area contributed by atoms with Gasteiger partial charge in [-0.1, -0.05) is 53.0 Å². The molecule has 0 amide bonds. The molecule has 0 spiro atoms. The van der Waals surface area contributed by atoms with Crippen molar-refractivity contribution in [2.45, 2.75) is 41.5 Å². The monoisotopic (exact) mass is 176 g/mol. The Morgan fingerprint density at radius 2 is 1.00 bits per heavy atom. The first-order valence-corrected chi connectivity index (χ1v) is 4.65. The van der Waals surface area contributed by atoms with Gasteiger partial charge in [0.05, 0.1) is 0 Å². The highest BCUT2D eigenvalue weighted by Gasteiger charge is 2.02. The SMILES string of the molecule is CC(C)(C)C=C=C=C=CC(C)(C)C. The van der Waals surface area contributed by atoms with Gasteiger partial charge in [-0.25, -0.2) is 0 Å². The maximum Gasteiger partial charge on any atom is -0.0121 e. The Labute approximate surface area is 82.4 Å². The predicted molar refractivity (Wildman–Crippen MR) is 58.6 cm³/mol. The highest BCUT2D eigenvalue weighted by atomic mass is 14.1. The minimum absolute atomic E-state index is 0.177. The molecular formula is C13H20. The highest BCUT2D eigenvalue weighted by Crippen LogP contribution is 2.13. The molecule has 0 N–H and O–H groups in total. The summed E-state index contributed by atoms with van der Waals surface area (Å²) in [5, 5.41) is 0. The van der Waals surface area contributed by atoms with E-state index < -0.39 is 0 Å². The molecule has 0 aromatic heterocycles. The van der Waals surface area contributed by atoms with Crippen molar-refractivity contribution in [1.29, 1.82) is 0 Å². The largest absolute Gasteiger partial charge is 0.0653 e. The van der Waals surface area contributed by atoms with Crippen molar-refractivity contribution in [1.82, 2.24) is 0 Å². The van der Waals surface area contributed by atoms with Crippen molar-refractivity contribution in [2.24, 2.45) is 10.8 Å². The van der Waals surface area contributed by atoms with Crippen LogP contribution in [0.5, 0.6) is 0 Å². The molecule has 0 nitrogen and oxygen atoms in total. The zero-order valence-electron chi connectivity index (χ0n) is 9.65. The van der Waals surface area contributed by atoms with Crippen LogP contribution in [0.1, 0.15) is 41.5 Å². The standard InChI is InChI=1S/C13H20/c1-12(2,3)10-8-7-9-11-13(4,5)6/h10-11H,1-6H3. The van der Waals surface area contributed by atoms with Crippen LogP contribution in [0.25, 0.3) is 0 Å². The van der Waals surface area contributed by atoms with Gasteiger partial charge in [-0.15, -0.1) is 0 Å². The smallest absolute Gasteiger partial charge is 0.0121 e. The molecule has 0 rings (SSSR count). The van der Waals surface area contributed by atoms with Gasteiger partial charge in [0, 0.05) is 0 Å². The van der Waals surface area contributed by atoms with E-state index in [1.54, 1.807) is 0 Å². The second kappa shape index (κ2) is 4.35. The Hall–Kier alpha value is -0.920. The molecule has 0 radical (unpaired) electrons. The predicted octanol–water partition coefficient (Wildman–Crippen LogP) is 4.10. The molecule has 0 heteroatoms. The summed E-state index contributed by atoms with van der Waals surface area (Å²) in [6.07, 6.45) is 3.99. The topological polar surface area (TPSA) is 0 Å². The second-order valence-corrected chi connectivity index (χ2v) is 5.43. The van der Waals surface area contributed by atoms with Gasteiger partial charge in [0.15, 0.2) is 0 Å². The minimum Gasteiger partial charge on any atom is -0.0653 e. The minimum atomic E-state index is 0.177. The van der Waals surface area contributed by atoms with Crippen LogP contribution in [0.4, 0.5) is 0 Å². The third kappa shape index (κ3) is 11.1. The summed E-state index contributed by atoms with van der Waals surface area (Å²) in [6.45, 7) is 12.8. The second-order valence-electron chi connectivity index (χ2n) is 5.43. The average Bonchev–Trinajstić information content (AvgIpc) is 1.81. The molecular weight excluding hydrogens is 156 g/mol. The molecule has 0 bridgehead atoms. The van der Waals surface area contributed by atoms with E-state index in [-0.39, 0.29) is 10.8 Å². The number of hydrogen-bond acceptors (Lipinski definition) is 0. The Bertz CT molecular complexity index is 245. The molecule has 0 aromatic carbocycles. The summed E-state index contributed by atoms with van der Waals surface area (Å²) in [4.78, 5) is 0. The normalized spacial score (nSPS) is 10.9. The van der Waals surface area contributed by atoms with E-state index in [0.29, 0.717) is 0 Å². The zero-order chi connectivity index (χ0) is 10.5. The summed E-state index contributed by atoms with van der Waals surface area (Å²) < 4.78 is 0. The van der Waals surface area contributed by atoms with Crippen LogP contribution in [0, 0.1) is 10.8 Å². The maximum atomic E-state index is 2.98. The molecule has 72 valence electrons. The fourth-order valence-electron chi connectivity index (χ4n) is 0.547. The Kier molecular flexibility index (Phi) is 4.05. The summed E-state index contributed by atoms with van der Waals surface area (Å²) in [6, 6.07) is 0. The third-order valence-corrected chi connectivity index (χ3v) is 1.15. The van der Waals surface area contributed by atoms with Crippen molar-refractivity contribution in [3.8, 4) is 0 Å². The van der Waals surface area contributed by atoms with Gasteiger partial charge in [-0.3, -0.25) is 0 Å². The molecule has 0 saturated heterocycles. The van der Waals surface area contributed by atoms with Crippen LogP contribution < -0.4 is 0 Å². The van der Waals surface area contributed by atoms with E-state index in [9.17, 15) is 0 Å². The highest BCUT2D eigenvalue weighted by molar-refractivity contribution is 4.96. The molecule has 0 aliphatic rings. The third-order valence-electron chi connectivity index (χ3n) is 1.15. The van der Waals surface area contributed by atoms with Crippen LogP contribution in [-0.4, -0.2) is 0 Å². The number of rotatable bonds is 0. The van der Waals surface area contributed by atoms with Crippen LogP contribution in [-0.2, 0) is 0 Å². The van der Waals surface area contributed by atoms with Gasteiger partial charge >= 0.3 is 0 Å². The molecule has 0 aliphatic heterocycles. The summed E-state index contributed by atoms with van der Waals surface area (Å²) >= 11 is 0. The quantitative estimate of drug-likeness (QED) is 0.487. The molecule has 0 atom stereocenters. The Balaban J connectivity index is 4.62. The zero-order valence-corrected chi connectivity index (χ0v) is 9.65. The van der Waals surface area contributed by atoms with Gasteiger partial charge in [0.2, 0.25) is 0 Å². The Morgan fingerprint density at radius 3 is 1.23 bits per heavy atom. The average molecular weight is 176 g/mol. The lowest BCUT2D eigenvalue weighted by Gasteiger charge is -2.08. The summed E-state index contributed by atoms with van der Waals surface area (Å²) in [7, 11) is 0. The summed E-state index contributed by atoms with van der Waals surface area (Å²) in [5.74, 6) is 0. The van der Waals surface area contributed by atoms with Crippen LogP contribution in [0.2, 0.25) is 0 Å². The molecule has 0 saturated carbocycles. The van der Waals surface area contributed by atoms with Crippen molar-refractivity contribution in [2.75, 3.05) is 0 Å². The molecule has 0 aromatic rings. The fraction of sp³-hybridized carbons (Fsp3) is 0.615. The number of allylic oxidation sites excluding steroid dienone is 2. The van der Waals surface area contributed by atoms with Gasteiger partial charge in [-0.05, 0) is 28.7 Å². The van der Waals surface area contributed by atoms with E-state index in [2.05, 4.69) is 58.7 Å². The van der Waals surface area contributed by atoms with Crippen LogP contribution in [0.15, 0.2) is 29.3 Å². The molecule has 0 unspecified atom stereocenters. The van der Waals surface area contributed by atoms with Crippen molar-refractivity contribution in [3.63, 3.8) is 0 Å². The fourth-order valence-corrected chi connectivity index (χ4v) is 0.547. The van der Waals surface area contributed by atoms with E-state index in [4.69, 9.17) is 0 Å². The van der Waals surface area contributed by atoms with E-state index in [1.165, 1.54) is 0 Å². The van der Waals surface area contributed by atoms with Crippen molar-refractivity contribution >= 4 is 0 Å². The van der Waals surface area contributed by atoms with Gasteiger partial charge in [0.25, 0.3) is 0 Å². The van der Waals surface area contributed by atoms with E-state index in [0.717, 1.165) is 0 Å². The van der Waals surface area contributed by atoms with Gasteiger partial charge in [-0.2, -0.15) is 0 Å². The van der Waals surface area contributed by atoms with E-state index in [1.807, 2.05) is 12.2 Å².